The molecule has 1 aliphatic carbocycles. The molecule has 0 saturated carbocycles. The molecule has 0 aliphatic heterocycles. The number of nitrogens with zero attached hydrogens (tertiary/aromatic N) is 2. The number of fused-ring (bicyclic) bond motifs is 1. The number of aryl methyl sites for hydroxylation is 1. The zero-order chi connectivity index (χ0) is 13.2. The van der Waals surface area contributed by atoms with Crippen molar-refractivity contribution in [1.29, 1.82) is 0 Å². The Morgan fingerprint density at radius 2 is 2.32 bits per heavy atom. The largest absolute Gasteiger partial charge is 0.383 e. The molecule has 3 N–H and O–H groups in total. The molecule has 19 heavy (non-hydrogen) atoms. The molecule has 6 heteroatoms. The molecule has 5 nitrogen and oxygen atoms in total. The number of pyridine rings is 1. The molecular weight excluding hydrogens is 260 g/mol. The smallest absolute Gasteiger partial charge is 0.254 e. The fourth-order valence-corrected chi connectivity index (χ4v) is 3.08. The molecule has 0 spiro atoms. The molecule has 0 unspecified atom stereocenters. The molecule has 0 amide bonds. The van der Waals surface area contributed by atoms with E-state index in [4.69, 9.17) is 5.73 Å². The third kappa shape index (κ3) is 2.49. The lowest BCUT2D eigenvalue weighted by atomic mass is 10.3. The number of rotatable bonds is 3. The number of nitrogen functional groups attached to an aromatic ring is 1. The summed E-state index contributed by atoms with van der Waals surface area (Å²) in [6.45, 7) is 0. The Hall–Kier alpha value is -1.82. The summed E-state index contributed by atoms with van der Waals surface area (Å²) in [6.07, 6.45) is 4.44. The van der Waals surface area contributed by atoms with Gasteiger partial charge in [0.1, 0.15) is 5.82 Å². The van der Waals surface area contributed by atoms with E-state index < -0.39 is 0 Å². The van der Waals surface area contributed by atoms with Crippen LogP contribution in [-0.2, 0) is 18.6 Å². The van der Waals surface area contributed by atoms with Crippen LogP contribution in [0, 0.1) is 0 Å². The van der Waals surface area contributed by atoms with Gasteiger partial charge in [0.25, 0.3) is 5.56 Å². The number of hydrogen-bond acceptors (Lipinski definition) is 5. The number of aromatic nitrogens is 3. The predicted octanol–water partition coefficient (Wildman–Crippen LogP) is 1.53. The van der Waals surface area contributed by atoms with Crippen molar-refractivity contribution in [2.24, 2.45) is 0 Å². The maximum absolute atomic E-state index is 11.9. The van der Waals surface area contributed by atoms with Crippen molar-refractivity contribution in [3.63, 3.8) is 0 Å². The third-order valence-corrected chi connectivity index (χ3v) is 4.13. The predicted molar refractivity (Wildman–Crippen MR) is 75.1 cm³/mol. The van der Waals surface area contributed by atoms with Crippen molar-refractivity contribution in [1.82, 2.24) is 15.0 Å². The van der Waals surface area contributed by atoms with Crippen LogP contribution in [0.25, 0.3) is 0 Å². The highest BCUT2D eigenvalue weighted by Gasteiger charge is 2.17. The van der Waals surface area contributed by atoms with Gasteiger partial charge in [-0.05, 0) is 25.3 Å². The van der Waals surface area contributed by atoms with Crippen molar-refractivity contribution in [2.45, 2.75) is 30.2 Å². The fourth-order valence-electron chi connectivity index (χ4n) is 2.21. The molecular formula is C13H14N4OS. The first-order valence-corrected chi connectivity index (χ1v) is 7.17. The van der Waals surface area contributed by atoms with Gasteiger partial charge in [0.2, 0.25) is 0 Å². The van der Waals surface area contributed by atoms with Crippen molar-refractivity contribution >= 4 is 17.6 Å². The molecule has 98 valence electrons. The van der Waals surface area contributed by atoms with Gasteiger partial charge in [-0.1, -0.05) is 17.8 Å². The molecule has 1 aliphatic rings. The minimum atomic E-state index is 0.00385. The van der Waals surface area contributed by atoms with E-state index in [1.165, 1.54) is 11.8 Å². The zero-order valence-electron chi connectivity index (χ0n) is 10.3. The highest BCUT2D eigenvalue weighted by atomic mass is 32.2. The second-order valence-electron chi connectivity index (χ2n) is 4.49. The fraction of sp³-hybridized carbons (Fsp3) is 0.308. The molecule has 0 atom stereocenters. The molecule has 0 aromatic carbocycles. The second kappa shape index (κ2) is 5.05. The van der Waals surface area contributed by atoms with E-state index in [1.54, 1.807) is 6.20 Å². The quantitative estimate of drug-likeness (QED) is 0.655. The minimum absolute atomic E-state index is 0.00385. The Balaban J connectivity index is 1.80. The number of H-pyrrole nitrogens is 1. The van der Waals surface area contributed by atoms with Crippen LogP contribution in [0.3, 0.4) is 0 Å². The lowest BCUT2D eigenvalue weighted by Crippen LogP contribution is -2.14. The van der Waals surface area contributed by atoms with Crippen molar-refractivity contribution in [3.05, 3.63) is 45.5 Å². The minimum Gasteiger partial charge on any atom is -0.383 e. The van der Waals surface area contributed by atoms with E-state index in [2.05, 4.69) is 15.0 Å². The number of thioether (sulfide) groups is 1. The summed E-state index contributed by atoms with van der Waals surface area (Å²) >= 11 is 1.48. The Morgan fingerprint density at radius 3 is 3.16 bits per heavy atom. The molecule has 2 heterocycles. The topological polar surface area (TPSA) is 84.7 Å². The Morgan fingerprint density at radius 1 is 1.42 bits per heavy atom. The number of hydrogen-bond donors (Lipinski definition) is 2. The van der Waals surface area contributed by atoms with Crippen LogP contribution in [0.2, 0.25) is 0 Å². The lowest BCUT2D eigenvalue weighted by molar-refractivity contribution is 0.869. The van der Waals surface area contributed by atoms with Gasteiger partial charge >= 0.3 is 0 Å². The summed E-state index contributed by atoms with van der Waals surface area (Å²) in [7, 11) is 0. The van der Waals surface area contributed by atoms with Gasteiger partial charge in [-0.2, -0.15) is 0 Å². The van der Waals surface area contributed by atoms with Gasteiger partial charge in [-0.3, -0.25) is 4.79 Å². The first-order valence-electron chi connectivity index (χ1n) is 6.18. The maximum atomic E-state index is 11.9. The Bertz CT molecular complexity index is 668. The highest BCUT2D eigenvalue weighted by molar-refractivity contribution is 7.98. The normalized spacial score (nSPS) is 13.5. The first kappa shape index (κ1) is 12.2. The standard InChI is InChI=1S/C13H14N4OS/c14-11-8(3-2-6-15-11)7-19-13-16-10-5-1-4-9(10)12(18)17-13/h2-3,6H,1,4-5,7H2,(H2,14,15)(H,16,17,18). The monoisotopic (exact) mass is 274 g/mol. The number of anilines is 1. The van der Waals surface area contributed by atoms with E-state index in [-0.39, 0.29) is 5.56 Å². The van der Waals surface area contributed by atoms with Crippen LogP contribution in [0.1, 0.15) is 23.2 Å². The summed E-state index contributed by atoms with van der Waals surface area (Å²) in [5.41, 5.74) is 8.55. The Labute approximate surface area is 114 Å². The summed E-state index contributed by atoms with van der Waals surface area (Å²) in [5, 5.41) is 0.661. The maximum Gasteiger partial charge on any atom is 0.254 e. The first-order chi connectivity index (χ1) is 9.24. The molecule has 2 aromatic heterocycles. The molecule has 0 saturated heterocycles. The SMILES string of the molecule is Nc1ncccc1CSc1nc2c(c(=O)[nH]1)CCC2. The zero-order valence-corrected chi connectivity index (χ0v) is 11.2. The average molecular weight is 274 g/mol. The Kier molecular flexibility index (Phi) is 3.25. The summed E-state index contributed by atoms with van der Waals surface area (Å²) in [4.78, 5) is 23.2. The van der Waals surface area contributed by atoms with E-state index >= 15 is 0 Å². The molecule has 3 rings (SSSR count). The number of aromatic amines is 1. The summed E-state index contributed by atoms with van der Waals surface area (Å²) in [6, 6.07) is 3.78. The summed E-state index contributed by atoms with van der Waals surface area (Å²) < 4.78 is 0. The highest BCUT2D eigenvalue weighted by Crippen LogP contribution is 2.23. The van der Waals surface area contributed by atoms with Crippen LogP contribution < -0.4 is 11.3 Å². The number of nitrogens with one attached hydrogen (secondary N) is 1. The molecule has 0 radical (unpaired) electrons. The van der Waals surface area contributed by atoms with Crippen LogP contribution in [0.15, 0.2) is 28.3 Å². The average Bonchev–Trinajstić information content (AvgIpc) is 2.87. The van der Waals surface area contributed by atoms with E-state index in [0.717, 1.165) is 36.1 Å². The lowest BCUT2D eigenvalue weighted by Gasteiger charge is -2.05. The van der Waals surface area contributed by atoms with Gasteiger partial charge < -0.3 is 10.7 Å². The second-order valence-corrected chi connectivity index (χ2v) is 5.45. The van der Waals surface area contributed by atoms with Gasteiger partial charge in [0, 0.05) is 23.1 Å². The van der Waals surface area contributed by atoms with E-state index in [1.807, 2.05) is 12.1 Å². The van der Waals surface area contributed by atoms with E-state index in [9.17, 15) is 4.79 Å². The molecule has 0 bridgehead atoms. The van der Waals surface area contributed by atoms with Crippen LogP contribution in [0.5, 0.6) is 0 Å². The summed E-state index contributed by atoms with van der Waals surface area (Å²) in [5.74, 6) is 1.18. The van der Waals surface area contributed by atoms with Gasteiger partial charge in [0.05, 0.1) is 5.69 Å². The van der Waals surface area contributed by atoms with Gasteiger partial charge in [-0.25, -0.2) is 9.97 Å². The third-order valence-electron chi connectivity index (χ3n) is 3.21. The molecule has 0 fully saturated rings. The molecule has 2 aromatic rings. The van der Waals surface area contributed by atoms with Gasteiger partial charge in [0.15, 0.2) is 5.16 Å². The van der Waals surface area contributed by atoms with Crippen molar-refractivity contribution in [3.8, 4) is 0 Å². The van der Waals surface area contributed by atoms with Crippen LogP contribution in [-0.4, -0.2) is 15.0 Å². The van der Waals surface area contributed by atoms with Gasteiger partial charge in [-0.15, -0.1) is 0 Å². The van der Waals surface area contributed by atoms with Crippen molar-refractivity contribution in [2.75, 3.05) is 5.73 Å². The number of nitrogens with two attached hydrogens (primary N) is 1. The van der Waals surface area contributed by atoms with E-state index in [0.29, 0.717) is 16.7 Å². The van der Waals surface area contributed by atoms with Crippen LogP contribution >= 0.6 is 11.8 Å². The van der Waals surface area contributed by atoms with Crippen molar-refractivity contribution < 1.29 is 0 Å². The van der Waals surface area contributed by atoms with Crippen LogP contribution in [0.4, 0.5) is 5.82 Å².